The first-order valence-electron chi connectivity index (χ1n) is 8.57. The molecule has 0 amide bonds. The average molecular weight is 361 g/mol. The maximum absolute atomic E-state index is 6.09. The molecule has 0 aliphatic carbocycles. The van der Waals surface area contributed by atoms with Crippen LogP contribution in [-0.4, -0.2) is 30.6 Å². The molecule has 5 heteroatoms. The van der Waals surface area contributed by atoms with Gasteiger partial charge in [0.1, 0.15) is 17.6 Å². The molecule has 2 rings (SSSR count). The third kappa shape index (κ3) is 6.52. The van der Waals surface area contributed by atoms with Crippen LogP contribution < -0.4 is 9.46 Å². The Balaban J connectivity index is 1.92. The van der Waals surface area contributed by atoms with E-state index >= 15 is 0 Å². The van der Waals surface area contributed by atoms with E-state index in [1.54, 1.807) is 25.3 Å². The van der Waals surface area contributed by atoms with Gasteiger partial charge >= 0.3 is 0 Å². The minimum atomic E-state index is 0.210. The first kappa shape index (κ1) is 19.5. The molecule has 1 saturated heterocycles. The van der Waals surface area contributed by atoms with Gasteiger partial charge < -0.3 is 14.2 Å². The van der Waals surface area contributed by atoms with E-state index in [1.807, 2.05) is 50.3 Å². The fourth-order valence-corrected chi connectivity index (χ4v) is 3.46. The Labute approximate surface area is 155 Å². The van der Waals surface area contributed by atoms with Crippen LogP contribution in [0.1, 0.15) is 26.7 Å². The summed E-state index contributed by atoms with van der Waals surface area (Å²) in [6, 6.07) is 10.0. The SMILES string of the molecule is C=C/C(NSN1CCCC(Oc2ccccc2)C1)=C(\C=C(C)C)OC. The largest absolute Gasteiger partial charge is 0.495 e. The maximum atomic E-state index is 6.09. The first-order chi connectivity index (χ1) is 12.1. The summed E-state index contributed by atoms with van der Waals surface area (Å²) >= 11 is 1.58. The van der Waals surface area contributed by atoms with Crippen molar-refractivity contribution < 1.29 is 9.47 Å². The molecular weight excluding hydrogens is 332 g/mol. The van der Waals surface area contributed by atoms with Crippen molar-refractivity contribution in [2.24, 2.45) is 0 Å². The number of ether oxygens (including phenoxy) is 2. The van der Waals surface area contributed by atoms with E-state index in [9.17, 15) is 0 Å². The van der Waals surface area contributed by atoms with E-state index in [2.05, 4.69) is 15.6 Å². The molecule has 136 valence electrons. The summed E-state index contributed by atoms with van der Waals surface area (Å²) < 4.78 is 17.2. The molecule has 1 fully saturated rings. The number of methoxy groups -OCH3 is 1. The monoisotopic (exact) mass is 360 g/mol. The smallest absolute Gasteiger partial charge is 0.142 e. The lowest BCUT2D eigenvalue weighted by Crippen LogP contribution is -2.38. The van der Waals surface area contributed by atoms with Crippen molar-refractivity contribution in [3.63, 3.8) is 0 Å². The van der Waals surface area contributed by atoms with Crippen LogP contribution in [0.15, 0.2) is 66.1 Å². The number of allylic oxidation sites excluding steroid dienone is 3. The lowest BCUT2D eigenvalue weighted by Gasteiger charge is -2.31. The Morgan fingerprint density at radius 1 is 1.32 bits per heavy atom. The van der Waals surface area contributed by atoms with Crippen LogP contribution in [-0.2, 0) is 4.74 Å². The van der Waals surface area contributed by atoms with Crippen LogP contribution in [0.3, 0.4) is 0 Å². The van der Waals surface area contributed by atoms with Crippen LogP contribution in [0.2, 0.25) is 0 Å². The lowest BCUT2D eigenvalue weighted by molar-refractivity contribution is 0.135. The van der Waals surface area contributed by atoms with Crippen molar-refractivity contribution in [2.75, 3.05) is 20.2 Å². The zero-order chi connectivity index (χ0) is 18.1. The van der Waals surface area contributed by atoms with Crippen LogP contribution in [0.25, 0.3) is 0 Å². The summed E-state index contributed by atoms with van der Waals surface area (Å²) in [5, 5.41) is 0. The zero-order valence-electron chi connectivity index (χ0n) is 15.3. The number of hydrogen-bond acceptors (Lipinski definition) is 5. The van der Waals surface area contributed by atoms with Gasteiger partial charge in [0.2, 0.25) is 0 Å². The van der Waals surface area contributed by atoms with Gasteiger partial charge in [0.15, 0.2) is 0 Å². The zero-order valence-corrected chi connectivity index (χ0v) is 16.1. The topological polar surface area (TPSA) is 33.7 Å². The molecule has 1 aromatic rings. The van der Waals surface area contributed by atoms with Crippen molar-refractivity contribution in [2.45, 2.75) is 32.8 Å². The first-order valence-corrected chi connectivity index (χ1v) is 9.35. The standard InChI is InChI=1S/C20H28N2O2S/c1-5-19(20(23-4)14-16(2)3)21-25-22-13-9-12-18(15-22)24-17-10-7-6-8-11-17/h5-8,10-11,14,18,21H,1,9,12-13,15H2,2-4H3/b20-19-. The molecule has 0 saturated carbocycles. The van der Waals surface area contributed by atoms with Crippen molar-refractivity contribution >= 4 is 12.1 Å². The molecule has 1 unspecified atom stereocenters. The Kier molecular flexibility index (Phi) is 7.95. The number of para-hydroxylation sites is 1. The van der Waals surface area contributed by atoms with Crippen molar-refractivity contribution in [3.8, 4) is 5.75 Å². The second-order valence-electron chi connectivity index (χ2n) is 6.18. The second kappa shape index (κ2) is 10.2. The Morgan fingerprint density at radius 2 is 2.08 bits per heavy atom. The predicted molar refractivity (Wildman–Crippen MR) is 106 cm³/mol. The van der Waals surface area contributed by atoms with Gasteiger partial charge in [-0.25, -0.2) is 4.31 Å². The number of nitrogens with one attached hydrogen (secondary N) is 1. The Bertz CT molecular complexity index is 609. The van der Waals surface area contributed by atoms with Crippen molar-refractivity contribution in [1.82, 2.24) is 9.03 Å². The summed E-state index contributed by atoms with van der Waals surface area (Å²) in [7, 11) is 1.68. The van der Waals surface area contributed by atoms with E-state index in [1.165, 1.54) is 5.57 Å². The van der Waals surface area contributed by atoms with Gasteiger partial charge in [0.25, 0.3) is 0 Å². The van der Waals surface area contributed by atoms with E-state index in [4.69, 9.17) is 9.47 Å². The van der Waals surface area contributed by atoms with Crippen LogP contribution in [0, 0.1) is 0 Å². The molecule has 4 nitrogen and oxygen atoms in total. The fourth-order valence-electron chi connectivity index (χ4n) is 2.59. The molecule has 25 heavy (non-hydrogen) atoms. The normalized spacial score (nSPS) is 18.8. The molecule has 1 N–H and O–H groups in total. The number of piperidine rings is 1. The molecule has 1 heterocycles. The highest BCUT2D eigenvalue weighted by molar-refractivity contribution is 7.95. The summed E-state index contributed by atoms with van der Waals surface area (Å²) in [4.78, 5) is 0. The highest BCUT2D eigenvalue weighted by Crippen LogP contribution is 2.22. The molecule has 1 atom stereocenters. The minimum Gasteiger partial charge on any atom is -0.495 e. The summed E-state index contributed by atoms with van der Waals surface area (Å²) in [6.07, 6.45) is 6.19. The Hall–Kier alpha value is -1.85. The maximum Gasteiger partial charge on any atom is 0.142 e. The summed E-state index contributed by atoms with van der Waals surface area (Å²) in [5.41, 5.74) is 2.05. The lowest BCUT2D eigenvalue weighted by atomic mass is 10.1. The number of hydrogen-bond donors (Lipinski definition) is 1. The quantitative estimate of drug-likeness (QED) is 0.413. The summed E-state index contributed by atoms with van der Waals surface area (Å²) in [5.74, 6) is 1.72. The van der Waals surface area contributed by atoms with E-state index in [0.29, 0.717) is 0 Å². The van der Waals surface area contributed by atoms with Crippen LogP contribution >= 0.6 is 12.1 Å². The Morgan fingerprint density at radius 3 is 2.72 bits per heavy atom. The highest BCUT2D eigenvalue weighted by Gasteiger charge is 2.22. The molecule has 0 aromatic heterocycles. The molecule has 1 aromatic carbocycles. The average Bonchev–Trinajstić information content (AvgIpc) is 2.62. The molecule has 0 spiro atoms. The second-order valence-corrected chi connectivity index (χ2v) is 7.09. The minimum absolute atomic E-state index is 0.210. The van der Waals surface area contributed by atoms with Gasteiger partial charge in [0, 0.05) is 25.2 Å². The molecule has 0 bridgehead atoms. The predicted octanol–water partition coefficient (Wildman–Crippen LogP) is 4.69. The van der Waals surface area contributed by atoms with Crippen LogP contribution in [0.4, 0.5) is 0 Å². The van der Waals surface area contributed by atoms with Gasteiger partial charge in [-0.15, -0.1) is 0 Å². The number of nitrogens with zero attached hydrogens (tertiary/aromatic N) is 1. The van der Waals surface area contributed by atoms with Crippen LogP contribution in [0.5, 0.6) is 5.75 Å². The fraction of sp³-hybridized carbons (Fsp3) is 0.400. The summed E-state index contributed by atoms with van der Waals surface area (Å²) in [6.45, 7) is 9.88. The highest BCUT2D eigenvalue weighted by atomic mass is 32.2. The van der Waals surface area contributed by atoms with Gasteiger partial charge in [-0.05, 0) is 51.0 Å². The molecule has 0 radical (unpaired) electrons. The van der Waals surface area contributed by atoms with Gasteiger partial charge in [-0.1, -0.05) is 30.4 Å². The molecular formula is C20H28N2O2S. The molecule has 1 aliphatic heterocycles. The van der Waals surface area contributed by atoms with E-state index < -0.39 is 0 Å². The number of benzene rings is 1. The van der Waals surface area contributed by atoms with Gasteiger partial charge in [0.05, 0.1) is 12.8 Å². The number of rotatable bonds is 8. The van der Waals surface area contributed by atoms with E-state index in [0.717, 1.165) is 43.1 Å². The van der Waals surface area contributed by atoms with Crippen molar-refractivity contribution in [3.05, 3.63) is 66.1 Å². The van der Waals surface area contributed by atoms with Crippen molar-refractivity contribution in [1.29, 1.82) is 0 Å². The third-order valence-corrected chi connectivity index (χ3v) is 4.68. The van der Waals surface area contributed by atoms with Gasteiger partial charge in [-0.3, -0.25) is 0 Å². The van der Waals surface area contributed by atoms with Gasteiger partial charge in [-0.2, -0.15) is 0 Å². The third-order valence-electron chi connectivity index (χ3n) is 3.78. The van der Waals surface area contributed by atoms with E-state index in [-0.39, 0.29) is 6.10 Å². The molecule has 1 aliphatic rings.